The molecule has 0 fully saturated rings. The van der Waals surface area contributed by atoms with Crippen LogP contribution in [0.3, 0.4) is 0 Å². The molecule has 0 aliphatic carbocycles. The molecule has 1 aromatic carbocycles. The topological polar surface area (TPSA) is 69.8 Å². The summed E-state index contributed by atoms with van der Waals surface area (Å²) in [6.45, 7) is 0. The third-order valence-corrected chi connectivity index (χ3v) is 4.55. The standard InChI is InChI=1S/C13H13ClN4O2S/c1-17-8-9(7-15-17)18-10-4-3-5-11(21(2,19)20)13(10)16-12(18)6-14/h3-5,7-8H,6H2,1-2H3. The minimum Gasteiger partial charge on any atom is -0.292 e. The Bertz CT molecular complexity index is 927. The molecule has 110 valence electrons. The van der Waals surface area contributed by atoms with Gasteiger partial charge in [-0.3, -0.25) is 9.25 Å². The van der Waals surface area contributed by atoms with Crippen molar-refractivity contribution in [1.29, 1.82) is 0 Å². The van der Waals surface area contributed by atoms with Gasteiger partial charge >= 0.3 is 0 Å². The number of sulfone groups is 1. The van der Waals surface area contributed by atoms with Crippen LogP contribution in [0.5, 0.6) is 0 Å². The smallest absolute Gasteiger partial charge is 0.177 e. The normalized spacial score (nSPS) is 12.1. The summed E-state index contributed by atoms with van der Waals surface area (Å²) < 4.78 is 27.3. The minimum absolute atomic E-state index is 0.173. The highest BCUT2D eigenvalue weighted by Crippen LogP contribution is 2.27. The number of aromatic nitrogens is 4. The fourth-order valence-electron chi connectivity index (χ4n) is 2.32. The van der Waals surface area contributed by atoms with Gasteiger partial charge in [0.05, 0.1) is 28.2 Å². The molecule has 3 aromatic rings. The molecular formula is C13H13ClN4O2S. The van der Waals surface area contributed by atoms with E-state index in [9.17, 15) is 8.42 Å². The molecule has 3 rings (SSSR count). The lowest BCUT2D eigenvalue weighted by atomic mass is 10.3. The number of nitrogens with zero attached hydrogens (tertiary/aromatic N) is 4. The van der Waals surface area contributed by atoms with Crippen LogP contribution in [0.1, 0.15) is 5.82 Å². The van der Waals surface area contributed by atoms with Crippen molar-refractivity contribution >= 4 is 32.5 Å². The Morgan fingerprint density at radius 2 is 2.10 bits per heavy atom. The molecule has 0 spiro atoms. The van der Waals surface area contributed by atoms with E-state index in [1.807, 2.05) is 23.9 Å². The number of benzene rings is 1. The maximum Gasteiger partial charge on any atom is 0.177 e. The summed E-state index contributed by atoms with van der Waals surface area (Å²) in [4.78, 5) is 4.60. The maximum atomic E-state index is 11.9. The van der Waals surface area contributed by atoms with E-state index in [1.54, 1.807) is 23.0 Å². The summed E-state index contributed by atoms with van der Waals surface area (Å²) in [6, 6.07) is 5.07. The summed E-state index contributed by atoms with van der Waals surface area (Å²) in [5.74, 6) is 0.753. The molecule has 0 aliphatic heterocycles. The molecule has 0 radical (unpaired) electrons. The van der Waals surface area contributed by atoms with Gasteiger partial charge in [0.2, 0.25) is 0 Å². The molecule has 2 aromatic heterocycles. The summed E-state index contributed by atoms with van der Waals surface area (Å²) in [7, 11) is -1.55. The highest BCUT2D eigenvalue weighted by Gasteiger charge is 2.19. The Morgan fingerprint density at radius 1 is 1.33 bits per heavy atom. The molecule has 0 aliphatic rings. The van der Waals surface area contributed by atoms with E-state index >= 15 is 0 Å². The molecular weight excluding hydrogens is 312 g/mol. The van der Waals surface area contributed by atoms with Crippen LogP contribution in [0.25, 0.3) is 16.7 Å². The van der Waals surface area contributed by atoms with Gasteiger partial charge in [0, 0.05) is 19.5 Å². The van der Waals surface area contributed by atoms with Crippen LogP contribution in [0.4, 0.5) is 0 Å². The number of halogens is 1. The van der Waals surface area contributed by atoms with Gasteiger partial charge in [-0.15, -0.1) is 11.6 Å². The molecule has 8 heteroatoms. The lowest BCUT2D eigenvalue weighted by Gasteiger charge is -2.04. The predicted octanol–water partition coefficient (Wildman–Crippen LogP) is 1.90. The Morgan fingerprint density at radius 3 is 2.67 bits per heavy atom. The second kappa shape index (κ2) is 4.85. The van der Waals surface area contributed by atoms with Gasteiger partial charge < -0.3 is 0 Å². The number of hydrogen-bond acceptors (Lipinski definition) is 4. The van der Waals surface area contributed by atoms with Crippen molar-refractivity contribution in [2.24, 2.45) is 7.05 Å². The van der Waals surface area contributed by atoms with Gasteiger partial charge in [-0.25, -0.2) is 13.4 Å². The molecule has 0 unspecified atom stereocenters. The number of fused-ring (bicyclic) bond motifs is 1. The Labute approximate surface area is 126 Å². The van der Waals surface area contributed by atoms with E-state index < -0.39 is 9.84 Å². The van der Waals surface area contributed by atoms with Gasteiger partial charge in [0.15, 0.2) is 9.84 Å². The minimum atomic E-state index is -3.36. The number of hydrogen-bond donors (Lipinski definition) is 0. The fraction of sp³-hybridized carbons (Fsp3) is 0.231. The summed E-state index contributed by atoms with van der Waals surface area (Å²) in [5, 5.41) is 4.13. The van der Waals surface area contributed by atoms with E-state index in [1.165, 1.54) is 6.26 Å². The zero-order valence-electron chi connectivity index (χ0n) is 11.5. The van der Waals surface area contributed by atoms with Crippen LogP contribution in [-0.2, 0) is 22.8 Å². The van der Waals surface area contributed by atoms with Gasteiger partial charge in [-0.1, -0.05) is 6.07 Å². The van der Waals surface area contributed by atoms with Gasteiger partial charge in [-0.2, -0.15) is 5.10 Å². The number of para-hydroxylation sites is 1. The zero-order chi connectivity index (χ0) is 15.2. The average Bonchev–Trinajstić information content (AvgIpc) is 2.99. The highest BCUT2D eigenvalue weighted by atomic mass is 35.5. The van der Waals surface area contributed by atoms with Crippen LogP contribution >= 0.6 is 11.6 Å². The molecule has 0 saturated carbocycles. The Hall–Kier alpha value is -1.86. The Kier molecular flexibility index (Phi) is 3.26. The zero-order valence-corrected chi connectivity index (χ0v) is 13.1. The maximum absolute atomic E-state index is 11.9. The van der Waals surface area contributed by atoms with Crippen LogP contribution < -0.4 is 0 Å². The van der Waals surface area contributed by atoms with Crippen molar-refractivity contribution in [1.82, 2.24) is 19.3 Å². The molecule has 0 atom stereocenters. The summed E-state index contributed by atoms with van der Waals surface area (Å²) in [6.07, 6.45) is 4.68. The van der Waals surface area contributed by atoms with E-state index in [4.69, 9.17) is 11.6 Å². The monoisotopic (exact) mass is 324 g/mol. The molecule has 6 nitrogen and oxygen atoms in total. The van der Waals surface area contributed by atoms with Crippen LogP contribution in [0.15, 0.2) is 35.5 Å². The van der Waals surface area contributed by atoms with Gasteiger partial charge in [0.25, 0.3) is 0 Å². The van der Waals surface area contributed by atoms with Crippen LogP contribution in [-0.4, -0.2) is 34.0 Å². The summed E-state index contributed by atoms with van der Waals surface area (Å²) >= 11 is 5.97. The lowest BCUT2D eigenvalue weighted by molar-refractivity contribution is 0.602. The first-order valence-corrected chi connectivity index (χ1v) is 8.60. The number of alkyl halides is 1. The second-order valence-electron chi connectivity index (χ2n) is 4.77. The predicted molar refractivity (Wildman–Crippen MR) is 80.5 cm³/mol. The SMILES string of the molecule is Cn1cc(-n2c(CCl)nc3c(S(C)(=O)=O)cccc32)cn1. The quantitative estimate of drug-likeness (QED) is 0.690. The molecule has 21 heavy (non-hydrogen) atoms. The van der Waals surface area contributed by atoms with Gasteiger partial charge in [0.1, 0.15) is 11.3 Å². The Balaban J connectivity index is 2.40. The van der Waals surface area contributed by atoms with Crippen molar-refractivity contribution < 1.29 is 8.42 Å². The molecule has 0 bridgehead atoms. The van der Waals surface area contributed by atoms with E-state index in [-0.39, 0.29) is 10.8 Å². The molecule has 0 saturated heterocycles. The summed E-state index contributed by atoms with van der Waals surface area (Å²) in [5.41, 5.74) is 1.92. The van der Waals surface area contributed by atoms with Crippen LogP contribution in [0, 0.1) is 0 Å². The van der Waals surface area contributed by atoms with Gasteiger partial charge in [-0.05, 0) is 12.1 Å². The molecule has 2 heterocycles. The third-order valence-electron chi connectivity index (χ3n) is 3.19. The number of imidazole rings is 1. The van der Waals surface area contributed by atoms with Crippen molar-refractivity contribution in [3.8, 4) is 5.69 Å². The van der Waals surface area contributed by atoms with E-state index in [0.717, 1.165) is 5.69 Å². The van der Waals surface area contributed by atoms with Crippen molar-refractivity contribution in [3.05, 3.63) is 36.4 Å². The first-order chi connectivity index (χ1) is 9.91. The van der Waals surface area contributed by atoms with Crippen LogP contribution in [0.2, 0.25) is 0 Å². The van der Waals surface area contributed by atoms with Crippen molar-refractivity contribution in [3.63, 3.8) is 0 Å². The second-order valence-corrected chi connectivity index (χ2v) is 7.02. The van der Waals surface area contributed by atoms with E-state index in [2.05, 4.69) is 10.1 Å². The highest BCUT2D eigenvalue weighted by molar-refractivity contribution is 7.91. The first-order valence-electron chi connectivity index (χ1n) is 6.17. The largest absolute Gasteiger partial charge is 0.292 e. The molecule has 0 amide bonds. The third kappa shape index (κ3) is 2.32. The lowest BCUT2D eigenvalue weighted by Crippen LogP contribution is -1.99. The van der Waals surface area contributed by atoms with Crippen molar-refractivity contribution in [2.75, 3.05) is 6.26 Å². The molecule has 0 N–H and O–H groups in total. The van der Waals surface area contributed by atoms with Crippen molar-refractivity contribution in [2.45, 2.75) is 10.8 Å². The average molecular weight is 325 g/mol. The number of aryl methyl sites for hydroxylation is 1. The van der Waals surface area contributed by atoms with E-state index in [0.29, 0.717) is 16.9 Å². The first kappa shape index (κ1) is 14.1. The number of rotatable bonds is 3. The fourth-order valence-corrected chi connectivity index (χ4v) is 3.33.